The van der Waals surface area contributed by atoms with Gasteiger partial charge in [-0.2, -0.15) is 0 Å². The molecule has 1 aliphatic heterocycles. The molecule has 3 N–H and O–H groups in total. The Bertz CT molecular complexity index is 764. The summed E-state index contributed by atoms with van der Waals surface area (Å²) in [6, 6.07) is 5.81. The summed E-state index contributed by atoms with van der Waals surface area (Å²) in [5.41, 5.74) is 1.80. The highest BCUT2D eigenvalue weighted by atomic mass is 16.5. The van der Waals surface area contributed by atoms with Crippen molar-refractivity contribution in [3.63, 3.8) is 0 Å². The molecular formula is C17H25N3O3+2. The molecular weight excluding hydrogens is 294 g/mol. The van der Waals surface area contributed by atoms with Gasteiger partial charge in [-0.15, -0.1) is 0 Å². The number of nitrogens with two attached hydrogens (primary N) is 1. The van der Waals surface area contributed by atoms with Crippen molar-refractivity contribution in [2.24, 2.45) is 7.05 Å². The largest absolute Gasteiger partial charge is 0.493 e. The van der Waals surface area contributed by atoms with Crippen LogP contribution in [0.15, 0.2) is 23.0 Å². The van der Waals surface area contributed by atoms with E-state index in [-0.39, 0.29) is 5.56 Å². The topological polar surface area (TPSA) is 61.5 Å². The van der Waals surface area contributed by atoms with Crippen LogP contribution in [0.4, 0.5) is 0 Å². The summed E-state index contributed by atoms with van der Waals surface area (Å²) in [7, 11) is 5.05. The van der Waals surface area contributed by atoms with Crippen LogP contribution in [0.3, 0.4) is 0 Å². The molecule has 2 aromatic rings. The van der Waals surface area contributed by atoms with Gasteiger partial charge in [-0.05, 0) is 12.1 Å². The van der Waals surface area contributed by atoms with Crippen LogP contribution in [0.5, 0.6) is 11.5 Å². The second-order valence-corrected chi connectivity index (χ2v) is 6.09. The first-order chi connectivity index (χ1) is 11.1. The summed E-state index contributed by atoms with van der Waals surface area (Å²) in [5, 5.41) is 3.34. The van der Waals surface area contributed by atoms with E-state index in [0.717, 1.165) is 49.2 Å². The fourth-order valence-electron chi connectivity index (χ4n) is 3.32. The van der Waals surface area contributed by atoms with Gasteiger partial charge in [0.05, 0.1) is 25.3 Å². The molecule has 2 heterocycles. The number of rotatable bonds is 4. The summed E-state index contributed by atoms with van der Waals surface area (Å²) in [6.07, 6.45) is 0. The van der Waals surface area contributed by atoms with Crippen LogP contribution >= 0.6 is 0 Å². The molecule has 0 radical (unpaired) electrons. The van der Waals surface area contributed by atoms with Gasteiger partial charge in [-0.1, -0.05) is 0 Å². The molecule has 1 aliphatic rings. The van der Waals surface area contributed by atoms with E-state index in [0.29, 0.717) is 11.5 Å². The van der Waals surface area contributed by atoms with Crippen molar-refractivity contribution in [1.82, 2.24) is 4.57 Å². The lowest BCUT2D eigenvalue weighted by molar-refractivity contribution is -0.958. The number of hydrogen-bond donors (Lipinski definition) is 2. The van der Waals surface area contributed by atoms with Crippen LogP contribution in [0.2, 0.25) is 0 Å². The third-order valence-corrected chi connectivity index (χ3v) is 4.65. The quantitative estimate of drug-likeness (QED) is 0.722. The van der Waals surface area contributed by atoms with Gasteiger partial charge in [0.25, 0.3) is 5.56 Å². The van der Waals surface area contributed by atoms with E-state index in [1.807, 2.05) is 25.2 Å². The third kappa shape index (κ3) is 3.04. The first-order valence-corrected chi connectivity index (χ1v) is 8.04. The van der Waals surface area contributed by atoms with Crippen LogP contribution in [0.25, 0.3) is 10.9 Å². The Balaban J connectivity index is 2.05. The number of aromatic nitrogens is 1. The first-order valence-electron chi connectivity index (χ1n) is 8.04. The SMILES string of the molecule is COc1cc2cc(C[NH+]3CC[NH2+]CC3)c(=O)n(C)c2cc1OC. The van der Waals surface area contributed by atoms with Gasteiger partial charge >= 0.3 is 0 Å². The van der Waals surface area contributed by atoms with Crippen LogP contribution < -0.4 is 25.2 Å². The molecule has 1 saturated heterocycles. The maximum Gasteiger partial charge on any atom is 0.259 e. The summed E-state index contributed by atoms with van der Waals surface area (Å²) < 4.78 is 12.4. The monoisotopic (exact) mass is 319 g/mol. The van der Waals surface area contributed by atoms with Crippen molar-refractivity contribution in [1.29, 1.82) is 0 Å². The highest BCUT2D eigenvalue weighted by Crippen LogP contribution is 2.31. The molecule has 0 spiro atoms. The van der Waals surface area contributed by atoms with E-state index < -0.39 is 0 Å². The minimum Gasteiger partial charge on any atom is -0.493 e. The average Bonchev–Trinajstić information content (AvgIpc) is 2.59. The fraction of sp³-hybridized carbons (Fsp3) is 0.471. The number of hydrogen-bond acceptors (Lipinski definition) is 3. The molecule has 6 heteroatoms. The Morgan fingerprint density at radius 3 is 2.43 bits per heavy atom. The molecule has 6 nitrogen and oxygen atoms in total. The predicted molar refractivity (Wildman–Crippen MR) is 88.4 cm³/mol. The van der Waals surface area contributed by atoms with Gasteiger partial charge in [0, 0.05) is 18.5 Å². The predicted octanol–water partition coefficient (Wildman–Crippen LogP) is -1.48. The molecule has 0 aliphatic carbocycles. The summed E-state index contributed by atoms with van der Waals surface area (Å²) in [4.78, 5) is 14.2. The van der Waals surface area contributed by atoms with Crippen molar-refractivity contribution in [3.05, 3.63) is 34.1 Å². The molecule has 0 bridgehead atoms. The van der Waals surface area contributed by atoms with Crippen molar-refractivity contribution < 1.29 is 19.7 Å². The lowest BCUT2D eigenvalue weighted by Crippen LogP contribution is -3.19. The number of benzene rings is 1. The van der Waals surface area contributed by atoms with E-state index in [4.69, 9.17) is 9.47 Å². The van der Waals surface area contributed by atoms with Crippen LogP contribution in [-0.2, 0) is 13.6 Å². The molecule has 0 unspecified atom stereocenters. The van der Waals surface area contributed by atoms with Crippen LogP contribution in [0.1, 0.15) is 5.56 Å². The number of methoxy groups -OCH3 is 2. The molecule has 3 rings (SSSR count). The van der Waals surface area contributed by atoms with Gasteiger partial charge in [0.15, 0.2) is 11.5 Å². The van der Waals surface area contributed by atoms with Gasteiger partial charge in [-0.25, -0.2) is 0 Å². The van der Waals surface area contributed by atoms with E-state index in [1.54, 1.807) is 18.8 Å². The van der Waals surface area contributed by atoms with Crippen LogP contribution in [0, 0.1) is 0 Å². The lowest BCUT2D eigenvalue weighted by atomic mass is 10.1. The number of ether oxygens (including phenoxy) is 2. The Morgan fingerprint density at radius 1 is 1.13 bits per heavy atom. The Labute approximate surface area is 135 Å². The number of nitrogens with one attached hydrogen (secondary N) is 1. The zero-order valence-electron chi connectivity index (χ0n) is 14.0. The molecule has 0 amide bonds. The number of aryl methyl sites for hydroxylation is 1. The standard InChI is InChI=1S/C17H23N3O3/c1-19-14-10-16(23-3)15(22-2)9-12(14)8-13(17(19)21)11-20-6-4-18-5-7-20/h8-10,18H,4-7,11H2,1-3H3/p+2. The molecule has 0 saturated carbocycles. The van der Waals surface area contributed by atoms with Crippen molar-refractivity contribution in [2.75, 3.05) is 40.4 Å². The van der Waals surface area contributed by atoms with Crippen molar-refractivity contribution in [2.45, 2.75) is 6.54 Å². The number of nitrogens with zero attached hydrogens (tertiary/aromatic N) is 1. The second-order valence-electron chi connectivity index (χ2n) is 6.09. The van der Waals surface area contributed by atoms with E-state index in [1.165, 1.54) is 4.90 Å². The summed E-state index contributed by atoms with van der Waals surface area (Å²) >= 11 is 0. The zero-order valence-corrected chi connectivity index (χ0v) is 14.0. The van der Waals surface area contributed by atoms with E-state index in [2.05, 4.69) is 5.32 Å². The van der Waals surface area contributed by atoms with Crippen LogP contribution in [-0.4, -0.2) is 45.0 Å². The summed E-state index contributed by atoms with van der Waals surface area (Å²) in [6.45, 7) is 5.26. The molecule has 1 aromatic carbocycles. The highest BCUT2D eigenvalue weighted by Gasteiger charge is 2.19. The van der Waals surface area contributed by atoms with Gasteiger partial charge in [0.2, 0.25) is 0 Å². The number of pyridine rings is 1. The average molecular weight is 319 g/mol. The molecule has 0 atom stereocenters. The zero-order chi connectivity index (χ0) is 16.4. The normalized spacial score (nSPS) is 15.8. The lowest BCUT2D eigenvalue weighted by Gasteiger charge is -2.22. The minimum absolute atomic E-state index is 0.0757. The highest BCUT2D eigenvalue weighted by molar-refractivity contribution is 5.83. The Kier molecular flexibility index (Phi) is 4.54. The fourth-order valence-corrected chi connectivity index (χ4v) is 3.32. The van der Waals surface area contributed by atoms with E-state index in [9.17, 15) is 4.79 Å². The maximum absolute atomic E-state index is 12.7. The van der Waals surface area contributed by atoms with E-state index >= 15 is 0 Å². The molecule has 1 fully saturated rings. The maximum atomic E-state index is 12.7. The third-order valence-electron chi connectivity index (χ3n) is 4.65. The Morgan fingerprint density at radius 2 is 1.78 bits per heavy atom. The minimum atomic E-state index is 0.0757. The second kappa shape index (κ2) is 6.60. The smallest absolute Gasteiger partial charge is 0.259 e. The molecule has 124 valence electrons. The number of piperazine rings is 1. The first kappa shape index (κ1) is 15.8. The Hall–Kier alpha value is -2.05. The van der Waals surface area contributed by atoms with Gasteiger partial charge in [-0.3, -0.25) is 4.79 Å². The number of fused-ring (bicyclic) bond motifs is 1. The van der Waals surface area contributed by atoms with Crippen molar-refractivity contribution >= 4 is 10.9 Å². The van der Waals surface area contributed by atoms with Gasteiger partial charge < -0.3 is 24.3 Å². The summed E-state index contributed by atoms with van der Waals surface area (Å²) in [5.74, 6) is 1.32. The molecule has 1 aromatic heterocycles. The number of quaternary nitrogens is 2. The van der Waals surface area contributed by atoms with Gasteiger partial charge in [0.1, 0.15) is 32.7 Å². The molecule has 23 heavy (non-hydrogen) atoms. The van der Waals surface area contributed by atoms with Crippen molar-refractivity contribution in [3.8, 4) is 11.5 Å².